The van der Waals surface area contributed by atoms with Crippen molar-refractivity contribution in [3.05, 3.63) is 53.6 Å². The van der Waals surface area contributed by atoms with Crippen LogP contribution < -0.4 is 14.8 Å². The molecule has 0 spiro atoms. The molecule has 0 saturated heterocycles. The molecule has 1 saturated carbocycles. The van der Waals surface area contributed by atoms with E-state index in [0.717, 1.165) is 24.0 Å². The minimum atomic E-state index is -3.76. The minimum Gasteiger partial charge on any atom is -0.495 e. The molecule has 1 atom stereocenters. The summed E-state index contributed by atoms with van der Waals surface area (Å²) in [6.45, 7) is 3.36. The van der Waals surface area contributed by atoms with Gasteiger partial charge in [0.2, 0.25) is 15.9 Å². The molecule has 0 bridgehead atoms. The fourth-order valence-electron chi connectivity index (χ4n) is 3.02. The molecule has 6 nitrogen and oxygen atoms in total. The highest BCUT2D eigenvalue weighted by molar-refractivity contribution is 7.89. The Bertz CT molecular complexity index is 935. The molecule has 1 fully saturated rings. The molecule has 0 aromatic heterocycles. The van der Waals surface area contributed by atoms with Gasteiger partial charge in [-0.05, 0) is 49.4 Å². The summed E-state index contributed by atoms with van der Waals surface area (Å²) in [4.78, 5) is 11.5. The lowest BCUT2D eigenvalue weighted by molar-refractivity contribution is -0.114. The van der Waals surface area contributed by atoms with Crippen molar-refractivity contribution in [2.45, 2.75) is 37.6 Å². The molecule has 2 N–H and O–H groups in total. The number of ether oxygens (including phenoxy) is 1. The number of hydrogen-bond donors (Lipinski definition) is 2. The Balaban J connectivity index is 1.90. The van der Waals surface area contributed by atoms with Crippen LogP contribution >= 0.6 is 0 Å². The molecule has 0 aliphatic heterocycles. The van der Waals surface area contributed by atoms with Crippen molar-refractivity contribution in [1.82, 2.24) is 4.72 Å². The third-order valence-electron chi connectivity index (χ3n) is 4.60. The molecule has 1 aliphatic carbocycles. The number of hydrogen-bond acceptors (Lipinski definition) is 4. The van der Waals surface area contributed by atoms with Crippen LogP contribution in [-0.2, 0) is 14.8 Å². The van der Waals surface area contributed by atoms with Crippen LogP contribution in [-0.4, -0.2) is 21.4 Å². The van der Waals surface area contributed by atoms with Crippen LogP contribution in [0.1, 0.15) is 36.9 Å². The standard InChI is InChI=1S/C20H24N2O4S/c1-13-4-6-15(7-5-13)20(16-8-9-16)22-27(24,25)17-10-11-19(26-3)18(12-17)21-14(2)23/h4-7,10-12,16,20,22H,8-9H2,1-3H3,(H,21,23). The molecular weight excluding hydrogens is 364 g/mol. The summed E-state index contributed by atoms with van der Waals surface area (Å²) in [5, 5.41) is 2.61. The van der Waals surface area contributed by atoms with Crippen molar-refractivity contribution in [3.8, 4) is 5.75 Å². The van der Waals surface area contributed by atoms with E-state index in [-0.39, 0.29) is 16.8 Å². The van der Waals surface area contributed by atoms with Gasteiger partial charge in [0.15, 0.2) is 0 Å². The fraction of sp³-hybridized carbons (Fsp3) is 0.350. The molecule has 27 heavy (non-hydrogen) atoms. The number of nitrogens with one attached hydrogen (secondary N) is 2. The van der Waals surface area contributed by atoms with Crippen LogP contribution in [0.5, 0.6) is 5.75 Å². The second kappa shape index (κ2) is 7.70. The molecule has 1 amide bonds. The summed E-state index contributed by atoms with van der Waals surface area (Å²) in [6, 6.07) is 12.1. The Morgan fingerprint density at radius 2 is 1.81 bits per heavy atom. The highest BCUT2D eigenvalue weighted by Crippen LogP contribution is 2.42. The zero-order chi connectivity index (χ0) is 19.6. The smallest absolute Gasteiger partial charge is 0.241 e. The monoisotopic (exact) mass is 388 g/mol. The number of anilines is 1. The number of carbonyl (C=O) groups is 1. The van der Waals surface area contributed by atoms with Gasteiger partial charge in [0.1, 0.15) is 5.75 Å². The average Bonchev–Trinajstić information content (AvgIpc) is 3.45. The third kappa shape index (κ3) is 4.67. The summed E-state index contributed by atoms with van der Waals surface area (Å²) >= 11 is 0. The Kier molecular flexibility index (Phi) is 5.53. The lowest BCUT2D eigenvalue weighted by Crippen LogP contribution is -2.30. The Morgan fingerprint density at radius 3 is 2.37 bits per heavy atom. The van der Waals surface area contributed by atoms with Gasteiger partial charge in [0, 0.05) is 13.0 Å². The van der Waals surface area contributed by atoms with Crippen molar-refractivity contribution in [2.75, 3.05) is 12.4 Å². The lowest BCUT2D eigenvalue weighted by atomic mass is 10.0. The van der Waals surface area contributed by atoms with E-state index in [1.54, 1.807) is 0 Å². The van der Waals surface area contributed by atoms with Crippen LogP contribution in [0, 0.1) is 12.8 Å². The first-order chi connectivity index (χ1) is 12.8. The van der Waals surface area contributed by atoms with E-state index in [0.29, 0.717) is 17.4 Å². The lowest BCUT2D eigenvalue weighted by Gasteiger charge is -2.20. The van der Waals surface area contributed by atoms with Crippen molar-refractivity contribution < 1.29 is 17.9 Å². The van der Waals surface area contributed by atoms with Crippen molar-refractivity contribution >= 4 is 21.6 Å². The van der Waals surface area contributed by atoms with E-state index in [1.807, 2.05) is 31.2 Å². The van der Waals surface area contributed by atoms with Crippen molar-refractivity contribution in [2.24, 2.45) is 5.92 Å². The van der Waals surface area contributed by atoms with E-state index < -0.39 is 10.0 Å². The molecule has 2 aromatic rings. The van der Waals surface area contributed by atoms with E-state index in [1.165, 1.54) is 32.2 Å². The van der Waals surface area contributed by atoms with Gasteiger partial charge < -0.3 is 10.1 Å². The van der Waals surface area contributed by atoms with Gasteiger partial charge >= 0.3 is 0 Å². The molecule has 0 radical (unpaired) electrons. The summed E-state index contributed by atoms with van der Waals surface area (Å²) in [7, 11) is -2.30. The second-order valence-corrected chi connectivity index (χ2v) is 8.60. The Labute approximate surface area is 160 Å². The maximum Gasteiger partial charge on any atom is 0.241 e. The fourth-order valence-corrected chi connectivity index (χ4v) is 4.34. The van der Waals surface area contributed by atoms with Gasteiger partial charge in [-0.15, -0.1) is 0 Å². The van der Waals surface area contributed by atoms with Gasteiger partial charge in [-0.25, -0.2) is 13.1 Å². The molecule has 144 valence electrons. The van der Waals surface area contributed by atoms with Crippen LogP contribution in [0.15, 0.2) is 47.4 Å². The number of sulfonamides is 1. The predicted octanol–water partition coefficient (Wildman–Crippen LogP) is 3.39. The first kappa shape index (κ1) is 19.4. The van der Waals surface area contributed by atoms with Crippen LogP contribution in [0.25, 0.3) is 0 Å². The quantitative estimate of drug-likeness (QED) is 0.761. The molecule has 2 aromatic carbocycles. The molecular formula is C20H24N2O4S. The maximum absolute atomic E-state index is 13.0. The number of benzene rings is 2. The highest BCUT2D eigenvalue weighted by Gasteiger charge is 2.35. The number of aryl methyl sites for hydroxylation is 1. The third-order valence-corrected chi connectivity index (χ3v) is 6.04. The van der Waals surface area contributed by atoms with E-state index in [2.05, 4.69) is 10.0 Å². The van der Waals surface area contributed by atoms with Crippen molar-refractivity contribution in [3.63, 3.8) is 0 Å². The molecule has 7 heteroatoms. The number of rotatable bonds is 7. The number of methoxy groups -OCH3 is 1. The zero-order valence-corrected chi connectivity index (χ0v) is 16.5. The average molecular weight is 388 g/mol. The highest BCUT2D eigenvalue weighted by atomic mass is 32.2. The van der Waals surface area contributed by atoms with Crippen molar-refractivity contribution in [1.29, 1.82) is 0 Å². The van der Waals surface area contributed by atoms with Gasteiger partial charge in [-0.2, -0.15) is 0 Å². The second-order valence-electron chi connectivity index (χ2n) is 6.89. The SMILES string of the molecule is COc1ccc(S(=O)(=O)NC(c2ccc(C)cc2)C2CC2)cc1NC(C)=O. The molecule has 1 unspecified atom stereocenters. The predicted molar refractivity (Wildman–Crippen MR) is 104 cm³/mol. The van der Waals surface area contributed by atoms with Crippen LogP contribution in [0.3, 0.4) is 0 Å². The van der Waals surface area contributed by atoms with Gasteiger partial charge in [0.25, 0.3) is 0 Å². The molecule has 0 heterocycles. The zero-order valence-electron chi connectivity index (χ0n) is 15.7. The van der Waals surface area contributed by atoms with Gasteiger partial charge in [-0.3, -0.25) is 4.79 Å². The van der Waals surface area contributed by atoms with Crippen LogP contribution in [0.4, 0.5) is 5.69 Å². The summed E-state index contributed by atoms with van der Waals surface area (Å²) in [6.07, 6.45) is 2.00. The summed E-state index contributed by atoms with van der Waals surface area (Å²) in [5.41, 5.74) is 2.42. The first-order valence-electron chi connectivity index (χ1n) is 8.84. The number of amides is 1. The minimum absolute atomic E-state index is 0.0878. The summed E-state index contributed by atoms with van der Waals surface area (Å²) < 4.78 is 34.0. The van der Waals surface area contributed by atoms with E-state index in [9.17, 15) is 13.2 Å². The first-order valence-corrected chi connectivity index (χ1v) is 10.3. The van der Waals surface area contributed by atoms with Crippen LogP contribution in [0.2, 0.25) is 0 Å². The Hall–Kier alpha value is -2.38. The Morgan fingerprint density at radius 1 is 1.15 bits per heavy atom. The molecule has 1 aliphatic rings. The normalized spacial score (nSPS) is 15.2. The van der Waals surface area contributed by atoms with Gasteiger partial charge in [-0.1, -0.05) is 29.8 Å². The largest absolute Gasteiger partial charge is 0.495 e. The topological polar surface area (TPSA) is 84.5 Å². The molecule has 3 rings (SSSR count). The van der Waals surface area contributed by atoms with E-state index in [4.69, 9.17) is 4.74 Å². The summed E-state index contributed by atoms with van der Waals surface area (Å²) in [5.74, 6) is 0.406. The van der Waals surface area contributed by atoms with E-state index >= 15 is 0 Å². The number of carbonyl (C=O) groups excluding carboxylic acids is 1. The maximum atomic E-state index is 13.0. The van der Waals surface area contributed by atoms with Gasteiger partial charge in [0.05, 0.1) is 17.7 Å².